The Hall–Kier alpha value is -2.66. The van der Waals surface area contributed by atoms with Crippen LogP contribution in [0.2, 0.25) is 0 Å². The van der Waals surface area contributed by atoms with Gasteiger partial charge in [0.25, 0.3) is 5.91 Å². The van der Waals surface area contributed by atoms with E-state index in [1.807, 2.05) is 24.3 Å². The van der Waals surface area contributed by atoms with Crippen molar-refractivity contribution in [2.24, 2.45) is 0 Å². The number of hydrogen-bond donors (Lipinski definition) is 1. The second-order valence-corrected chi connectivity index (χ2v) is 9.68. The van der Waals surface area contributed by atoms with Crippen LogP contribution < -0.4 is 15.0 Å². The number of amides is 1. The molecule has 2 aromatic rings. The lowest BCUT2D eigenvalue weighted by atomic mass is 10.1. The third-order valence-corrected chi connectivity index (χ3v) is 7.51. The fourth-order valence-corrected chi connectivity index (χ4v) is 5.13. The zero-order valence-electron chi connectivity index (χ0n) is 18.4. The van der Waals surface area contributed by atoms with E-state index in [0.717, 1.165) is 18.8 Å². The summed E-state index contributed by atoms with van der Waals surface area (Å²) in [6, 6.07) is 13.8. The van der Waals surface area contributed by atoms with Crippen LogP contribution in [0, 0.1) is 0 Å². The van der Waals surface area contributed by atoms with E-state index in [1.165, 1.54) is 16.4 Å². The number of nitrogens with one attached hydrogen (secondary N) is 1. The van der Waals surface area contributed by atoms with Gasteiger partial charge in [0.05, 0.1) is 37.9 Å². The van der Waals surface area contributed by atoms with Gasteiger partial charge in [0, 0.05) is 37.4 Å². The van der Waals surface area contributed by atoms with Gasteiger partial charge >= 0.3 is 0 Å². The van der Waals surface area contributed by atoms with Gasteiger partial charge in [-0.05, 0) is 48.5 Å². The first-order chi connectivity index (χ1) is 16.0. The predicted molar refractivity (Wildman–Crippen MR) is 123 cm³/mol. The number of hydrogen-bond acceptors (Lipinski definition) is 7. The molecule has 2 saturated heterocycles. The molecule has 10 heteroatoms. The molecule has 178 valence electrons. The van der Waals surface area contributed by atoms with Crippen molar-refractivity contribution >= 4 is 21.6 Å². The lowest BCUT2D eigenvalue weighted by Gasteiger charge is -2.28. The fourth-order valence-electron chi connectivity index (χ4n) is 3.72. The molecule has 1 N–H and O–H groups in total. The maximum Gasteiger partial charge on any atom is 0.251 e. The van der Waals surface area contributed by atoms with Crippen molar-refractivity contribution in [1.82, 2.24) is 9.62 Å². The molecule has 2 aliphatic heterocycles. The van der Waals surface area contributed by atoms with E-state index in [1.54, 1.807) is 12.1 Å². The van der Waals surface area contributed by atoms with Crippen LogP contribution in [0.25, 0.3) is 0 Å². The summed E-state index contributed by atoms with van der Waals surface area (Å²) in [7, 11) is -3.52. The summed E-state index contributed by atoms with van der Waals surface area (Å²) in [6.07, 6.45) is 0. The number of rotatable bonds is 8. The Morgan fingerprint density at radius 1 is 0.879 bits per heavy atom. The number of carbonyl (C=O) groups is 1. The molecule has 0 radical (unpaired) electrons. The largest absolute Gasteiger partial charge is 0.492 e. The smallest absolute Gasteiger partial charge is 0.251 e. The van der Waals surface area contributed by atoms with Crippen molar-refractivity contribution in [3.05, 3.63) is 54.1 Å². The molecule has 1 amide bonds. The number of carbonyl (C=O) groups excluding carboxylic acids is 1. The van der Waals surface area contributed by atoms with E-state index in [4.69, 9.17) is 14.2 Å². The first kappa shape index (κ1) is 23.5. The molecule has 4 rings (SSSR count). The minimum absolute atomic E-state index is 0.168. The van der Waals surface area contributed by atoms with Crippen LogP contribution >= 0.6 is 0 Å². The van der Waals surface area contributed by atoms with Gasteiger partial charge in [-0.25, -0.2) is 8.42 Å². The first-order valence-electron chi connectivity index (χ1n) is 11.1. The molecular weight excluding hydrogens is 446 g/mol. The van der Waals surface area contributed by atoms with Crippen molar-refractivity contribution in [3.8, 4) is 5.75 Å². The SMILES string of the molecule is O=C(NCCOc1ccc(S(=O)(=O)N2CCOCC2)cc1)c1ccc(N2CCOCC2)cc1. The number of anilines is 1. The minimum Gasteiger partial charge on any atom is -0.492 e. The maximum absolute atomic E-state index is 12.7. The van der Waals surface area contributed by atoms with Crippen LogP contribution in [0.1, 0.15) is 10.4 Å². The zero-order chi connectivity index (χ0) is 23.1. The third kappa shape index (κ3) is 6.02. The number of benzene rings is 2. The van der Waals surface area contributed by atoms with Gasteiger partial charge in [-0.15, -0.1) is 0 Å². The highest BCUT2D eigenvalue weighted by molar-refractivity contribution is 7.89. The van der Waals surface area contributed by atoms with Crippen molar-refractivity contribution in [2.75, 3.05) is 70.7 Å². The van der Waals surface area contributed by atoms with Gasteiger partial charge in [-0.1, -0.05) is 0 Å². The van der Waals surface area contributed by atoms with Crippen molar-refractivity contribution < 1.29 is 27.4 Å². The maximum atomic E-state index is 12.7. The molecule has 2 heterocycles. The normalized spacial score (nSPS) is 17.5. The Kier molecular flexibility index (Phi) is 7.81. The van der Waals surface area contributed by atoms with E-state index in [0.29, 0.717) is 57.4 Å². The summed E-state index contributed by atoms with van der Waals surface area (Å²) in [4.78, 5) is 14.8. The third-order valence-electron chi connectivity index (χ3n) is 5.59. The molecule has 2 aromatic carbocycles. The summed E-state index contributed by atoms with van der Waals surface area (Å²) in [5.74, 6) is 0.374. The molecule has 33 heavy (non-hydrogen) atoms. The van der Waals surface area contributed by atoms with Gasteiger partial charge in [-0.3, -0.25) is 4.79 Å². The van der Waals surface area contributed by atoms with Crippen LogP contribution in [-0.2, 0) is 19.5 Å². The fraction of sp³-hybridized carbons (Fsp3) is 0.435. The molecule has 0 atom stereocenters. The highest BCUT2D eigenvalue weighted by Crippen LogP contribution is 2.20. The van der Waals surface area contributed by atoms with E-state index >= 15 is 0 Å². The molecule has 9 nitrogen and oxygen atoms in total. The average Bonchev–Trinajstić information content (AvgIpc) is 2.88. The van der Waals surface area contributed by atoms with Crippen LogP contribution in [0.15, 0.2) is 53.4 Å². The Morgan fingerprint density at radius 3 is 2.12 bits per heavy atom. The van der Waals surface area contributed by atoms with Crippen molar-refractivity contribution in [1.29, 1.82) is 0 Å². The first-order valence-corrected chi connectivity index (χ1v) is 12.5. The van der Waals surface area contributed by atoms with Crippen LogP contribution in [0.3, 0.4) is 0 Å². The highest BCUT2D eigenvalue weighted by Gasteiger charge is 2.26. The number of morpholine rings is 2. The molecule has 0 saturated carbocycles. The lowest BCUT2D eigenvalue weighted by molar-refractivity contribution is 0.0730. The van der Waals surface area contributed by atoms with E-state index in [-0.39, 0.29) is 17.4 Å². The molecule has 0 aliphatic carbocycles. The molecule has 0 bridgehead atoms. The minimum atomic E-state index is -3.52. The lowest BCUT2D eigenvalue weighted by Crippen LogP contribution is -2.40. The highest BCUT2D eigenvalue weighted by atomic mass is 32.2. The Labute approximate surface area is 194 Å². The summed E-state index contributed by atoms with van der Waals surface area (Å²) < 4.78 is 43.0. The van der Waals surface area contributed by atoms with Crippen molar-refractivity contribution in [3.63, 3.8) is 0 Å². The summed E-state index contributed by atoms with van der Waals surface area (Å²) >= 11 is 0. The van der Waals surface area contributed by atoms with Crippen LogP contribution in [0.4, 0.5) is 5.69 Å². The van der Waals surface area contributed by atoms with Gasteiger partial charge < -0.3 is 24.4 Å². The second kappa shape index (κ2) is 11.0. The molecule has 2 aliphatic rings. The Morgan fingerprint density at radius 2 is 1.48 bits per heavy atom. The van der Waals surface area contributed by atoms with E-state index < -0.39 is 10.0 Å². The van der Waals surface area contributed by atoms with Crippen LogP contribution in [-0.4, -0.2) is 84.4 Å². The zero-order valence-corrected chi connectivity index (χ0v) is 19.3. The second-order valence-electron chi connectivity index (χ2n) is 7.74. The Bertz CT molecular complexity index is 1020. The van der Waals surface area contributed by atoms with E-state index in [9.17, 15) is 13.2 Å². The quantitative estimate of drug-likeness (QED) is 0.576. The summed E-state index contributed by atoms with van der Waals surface area (Å²) in [5.41, 5.74) is 1.67. The van der Waals surface area contributed by atoms with Crippen molar-refractivity contribution in [2.45, 2.75) is 4.90 Å². The standard InChI is InChI=1S/C23H29N3O6S/c27-23(19-1-3-20(4-2-19)25-10-15-30-16-11-25)24-9-14-32-21-5-7-22(8-6-21)33(28,29)26-12-17-31-18-13-26/h1-8H,9-18H2,(H,24,27). The summed E-state index contributed by atoms with van der Waals surface area (Å²) in [6.45, 7) is 5.27. The van der Waals surface area contributed by atoms with Gasteiger partial charge in [-0.2, -0.15) is 4.31 Å². The number of ether oxygens (including phenoxy) is 3. The molecule has 2 fully saturated rings. The molecule has 0 aromatic heterocycles. The molecule has 0 unspecified atom stereocenters. The molecular formula is C23H29N3O6S. The number of sulfonamides is 1. The average molecular weight is 476 g/mol. The van der Waals surface area contributed by atoms with Gasteiger partial charge in [0.2, 0.25) is 10.0 Å². The van der Waals surface area contributed by atoms with Gasteiger partial charge in [0.15, 0.2) is 0 Å². The number of nitrogens with zero attached hydrogens (tertiary/aromatic N) is 2. The van der Waals surface area contributed by atoms with Crippen LogP contribution in [0.5, 0.6) is 5.75 Å². The van der Waals surface area contributed by atoms with Gasteiger partial charge in [0.1, 0.15) is 12.4 Å². The predicted octanol–water partition coefficient (Wildman–Crippen LogP) is 1.35. The molecule has 0 spiro atoms. The van der Waals surface area contributed by atoms with E-state index in [2.05, 4.69) is 10.2 Å². The monoisotopic (exact) mass is 475 g/mol. The summed E-state index contributed by atoms with van der Waals surface area (Å²) in [5, 5.41) is 2.83. The topological polar surface area (TPSA) is 97.4 Å². The Balaban J connectivity index is 1.22.